The van der Waals surface area contributed by atoms with Gasteiger partial charge in [-0.2, -0.15) is 0 Å². The summed E-state index contributed by atoms with van der Waals surface area (Å²) >= 11 is 5.98. The average Bonchev–Trinajstić information content (AvgIpc) is 2.60. The third-order valence-corrected chi connectivity index (χ3v) is 3.90. The molecule has 0 bridgehead atoms. The van der Waals surface area contributed by atoms with E-state index in [-0.39, 0.29) is 29.6 Å². The van der Waals surface area contributed by atoms with Gasteiger partial charge in [-0.3, -0.25) is 9.36 Å². The van der Waals surface area contributed by atoms with Gasteiger partial charge in [0.25, 0.3) is 5.56 Å². The Balaban J connectivity index is 1.78. The second kappa shape index (κ2) is 7.61. The zero-order valence-corrected chi connectivity index (χ0v) is 14.0. The lowest BCUT2D eigenvalue weighted by molar-refractivity contribution is 0.286. The molecule has 2 aromatic carbocycles. The van der Waals surface area contributed by atoms with Crippen LogP contribution in [0, 0.1) is 17.5 Å². The zero-order valence-electron chi connectivity index (χ0n) is 13.3. The van der Waals surface area contributed by atoms with Gasteiger partial charge in [-0.15, -0.1) is 0 Å². The van der Waals surface area contributed by atoms with E-state index in [0.717, 1.165) is 12.1 Å². The van der Waals surface area contributed by atoms with Crippen LogP contribution in [0.3, 0.4) is 0 Å². The largest absolute Gasteiger partial charge is 0.471 e. The fourth-order valence-corrected chi connectivity index (χ4v) is 2.49. The van der Waals surface area contributed by atoms with E-state index >= 15 is 0 Å². The van der Waals surface area contributed by atoms with Crippen molar-refractivity contribution in [2.75, 3.05) is 0 Å². The second-order valence-corrected chi connectivity index (χ2v) is 5.83. The van der Waals surface area contributed by atoms with Crippen molar-refractivity contribution < 1.29 is 17.9 Å². The van der Waals surface area contributed by atoms with Crippen molar-refractivity contribution in [3.63, 3.8) is 0 Å². The van der Waals surface area contributed by atoms with E-state index in [0.29, 0.717) is 5.56 Å². The fourth-order valence-electron chi connectivity index (χ4n) is 2.28. The Bertz CT molecular complexity index is 1010. The maximum Gasteiger partial charge on any atom is 0.276 e. The molecule has 0 unspecified atom stereocenters. The first-order valence-corrected chi connectivity index (χ1v) is 7.88. The summed E-state index contributed by atoms with van der Waals surface area (Å²) in [4.78, 5) is 16.2. The van der Waals surface area contributed by atoms with E-state index in [1.807, 2.05) is 0 Å². The van der Waals surface area contributed by atoms with Gasteiger partial charge in [-0.05, 0) is 29.8 Å². The Kier molecular flexibility index (Phi) is 5.27. The molecule has 0 radical (unpaired) electrons. The van der Waals surface area contributed by atoms with E-state index in [1.165, 1.54) is 35.2 Å². The summed E-state index contributed by atoms with van der Waals surface area (Å²) in [5, 5.41) is -0.286. The normalized spacial score (nSPS) is 10.8. The van der Waals surface area contributed by atoms with Crippen molar-refractivity contribution in [1.82, 2.24) is 9.55 Å². The summed E-state index contributed by atoms with van der Waals surface area (Å²) in [5.41, 5.74) is 0.0701. The number of ether oxygens (including phenoxy) is 1. The third-order valence-electron chi connectivity index (χ3n) is 3.57. The summed E-state index contributed by atoms with van der Waals surface area (Å²) < 4.78 is 46.2. The quantitative estimate of drug-likeness (QED) is 0.673. The molecule has 0 spiro atoms. The number of aromatic nitrogens is 2. The molecule has 4 nitrogen and oxygen atoms in total. The highest BCUT2D eigenvalue weighted by Crippen LogP contribution is 2.19. The Morgan fingerprint density at radius 3 is 2.58 bits per heavy atom. The number of hydrogen-bond donors (Lipinski definition) is 0. The summed E-state index contributed by atoms with van der Waals surface area (Å²) in [7, 11) is 0. The van der Waals surface area contributed by atoms with Crippen LogP contribution in [0.15, 0.2) is 53.6 Å². The van der Waals surface area contributed by atoms with E-state index < -0.39 is 23.0 Å². The molecular weight excluding hydrogens is 369 g/mol. The van der Waals surface area contributed by atoms with Gasteiger partial charge >= 0.3 is 0 Å². The highest BCUT2D eigenvalue weighted by atomic mass is 35.5. The van der Waals surface area contributed by atoms with Gasteiger partial charge in [-0.1, -0.05) is 23.7 Å². The number of nitrogens with zero attached hydrogens (tertiary/aromatic N) is 2. The molecule has 8 heteroatoms. The minimum absolute atomic E-state index is 0.0795. The molecule has 0 atom stereocenters. The first-order valence-electron chi connectivity index (χ1n) is 7.50. The summed E-state index contributed by atoms with van der Waals surface area (Å²) in [6.07, 6.45) is 1.20. The molecule has 0 amide bonds. The molecule has 0 saturated heterocycles. The van der Waals surface area contributed by atoms with Gasteiger partial charge in [0.2, 0.25) is 5.88 Å². The monoisotopic (exact) mass is 380 g/mol. The Hall–Kier alpha value is -2.80. The van der Waals surface area contributed by atoms with Crippen molar-refractivity contribution in [2.45, 2.75) is 13.2 Å². The van der Waals surface area contributed by atoms with Crippen molar-refractivity contribution >= 4 is 11.6 Å². The van der Waals surface area contributed by atoms with Crippen LogP contribution in [-0.4, -0.2) is 9.55 Å². The number of halogens is 4. The van der Waals surface area contributed by atoms with Crippen molar-refractivity contribution in [3.8, 4) is 5.88 Å². The zero-order chi connectivity index (χ0) is 18.7. The van der Waals surface area contributed by atoms with Gasteiger partial charge < -0.3 is 4.74 Å². The van der Waals surface area contributed by atoms with Crippen LogP contribution >= 0.6 is 11.6 Å². The number of hydrogen-bond acceptors (Lipinski definition) is 3. The molecule has 134 valence electrons. The van der Waals surface area contributed by atoms with Crippen LogP contribution in [0.25, 0.3) is 0 Å². The first-order chi connectivity index (χ1) is 12.4. The van der Waals surface area contributed by atoms with E-state index in [1.54, 1.807) is 6.07 Å². The van der Waals surface area contributed by atoms with Gasteiger partial charge in [0.05, 0.1) is 6.54 Å². The molecule has 0 saturated carbocycles. The van der Waals surface area contributed by atoms with E-state index in [2.05, 4.69) is 4.98 Å². The highest BCUT2D eigenvalue weighted by molar-refractivity contribution is 6.31. The minimum Gasteiger partial charge on any atom is -0.471 e. The fraction of sp³-hybridized carbons (Fsp3) is 0.111. The summed E-state index contributed by atoms with van der Waals surface area (Å²) in [5.74, 6) is -2.07. The molecule has 3 rings (SSSR count). The Morgan fingerprint density at radius 2 is 1.85 bits per heavy atom. The van der Waals surface area contributed by atoms with Gasteiger partial charge in [0.15, 0.2) is 5.02 Å². The Labute approximate surface area is 151 Å². The van der Waals surface area contributed by atoms with E-state index in [4.69, 9.17) is 16.3 Å². The van der Waals surface area contributed by atoms with Gasteiger partial charge in [-0.25, -0.2) is 18.2 Å². The maximum atomic E-state index is 13.6. The topological polar surface area (TPSA) is 44.1 Å². The molecule has 0 N–H and O–H groups in total. The second-order valence-electron chi connectivity index (χ2n) is 5.45. The molecule has 0 aliphatic heterocycles. The van der Waals surface area contributed by atoms with Crippen molar-refractivity contribution in [2.24, 2.45) is 0 Å². The molecule has 0 aliphatic carbocycles. The molecule has 0 aliphatic rings. The smallest absolute Gasteiger partial charge is 0.276 e. The predicted octanol–water partition coefficient (Wildman–Crippen LogP) is 3.94. The molecular formula is C18H12ClF3N2O2. The number of rotatable bonds is 5. The van der Waals surface area contributed by atoms with Crippen LogP contribution in [0.4, 0.5) is 13.2 Å². The third kappa shape index (κ3) is 4.05. The van der Waals surface area contributed by atoms with Gasteiger partial charge in [0, 0.05) is 11.6 Å². The lowest BCUT2D eigenvalue weighted by Crippen LogP contribution is -2.22. The lowest BCUT2D eigenvalue weighted by atomic mass is 10.2. The van der Waals surface area contributed by atoms with Crippen molar-refractivity contribution in [1.29, 1.82) is 0 Å². The average molecular weight is 381 g/mol. The van der Waals surface area contributed by atoms with Crippen LogP contribution < -0.4 is 10.3 Å². The molecule has 1 heterocycles. The molecule has 26 heavy (non-hydrogen) atoms. The van der Waals surface area contributed by atoms with Gasteiger partial charge in [0.1, 0.15) is 30.4 Å². The summed E-state index contributed by atoms with van der Waals surface area (Å²) in [6.45, 7) is -0.192. The van der Waals surface area contributed by atoms with Crippen LogP contribution in [0.5, 0.6) is 5.88 Å². The Morgan fingerprint density at radius 1 is 1.08 bits per heavy atom. The summed E-state index contributed by atoms with van der Waals surface area (Å²) in [6, 6.07) is 8.82. The van der Waals surface area contributed by atoms with E-state index in [9.17, 15) is 18.0 Å². The molecule has 1 aromatic heterocycles. The lowest BCUT2D eigenvalue weighted by Gasteiger charge is -2.10. The van der Waals surface area contributed by atoms with Crippen molar-refractivity contribution in [3.05, 3.63) is 92.7 Å². The minimum atomic E-state index is -0.777. The number of benzene rings is 2. The van der Waals surface area contributed by atoms with Crippen LogP contribution in [0.2, 0.25) is 5.02 Å². The standard InChI is InChI=1S/C18H12ClF3N2O2/c19-16-17(26-9-12-4-5-14(21)7-15(12)22)23-10-24(18(16)25)8-11-2-1-3-13(20)6-11/h1-7,10H,8-9H2. The molecule has 0 fully saturated rings. The van der Waals surface area contributed by atoms with Crippen LogP contribution in [-0.2, 0) is 13.2 Å². The SMILES string of the molecule is O=c1c(Cl)c(OCc2ccc(F)cc2F)ncn1Cc1cccc(F)c1. The maximum absolute atomic E-state index is 13.6. The van der Waals surface area contributed by atoms with Crippen LogP contribution in [0.1, 0.15) is 11.1 Å². The molecule has 3 aromatic rings. The first kappa shape index (κ1) is 18.0. The highest BCUT2D eigenvalue weighted by Gasteiger charge is 2.13. The predicted molar refractivity (Wildman–Crippen MR) is 89.7 cm³/mol.